The van der Waals surface area contributed by atoms with Crippen LogP contribution in [-0.2, 0) is 13.1 Å². The molecule has 20 heavy (non-hydrogen) atoms. The third-order valence-electron chi connectivity index (χ3n) is 4.33. The monoisotopic (exact) mass is 278 g/mol. The van der Waals surface area contributed by atoms with Crippen molar-refractivity contribution < 1.29 is 5.11 Å². The molecule has 2 N–H and O–H groups in total. The van der Waals surface area contributed by atoms with Crippen molar-refractivity contribution in [2.75, 3.05) is 19.7 Å². The van der Waals surface area contributed by atoms with Crippen molar-refractivity contribution in [3.63, 3.8) is 0 Å². The summed E-state index contributed by atoms with van der Waals surface area (Å²) in [5.41, 5.74) is 1.26. The van der Waals surface area contributed by atoms with E-state index < -0.39 is 0 Å². The molecule has 5 nitrogen and oxygen atoms in total. The number of aliphatic hydroxyl groups excluding tert-OH is 1. The maximum atomic E-state index is 8.95. The standard InChI is InChI=1S/C15H26N4O/c20-8-7-19-11-13(9-17-19)10-18(15-4-5-15)12-14-3-1-2-6-16-14/h9,11,14-16,20H,1-8,10,12H2. The van der Waals surface area contributed by atoms with Crippen molar-refractivity contribution in [1.29, 1.82) is 0 Å². The molecule has 1 saturated carbocycles. The highest BCUT2D eigenvalue weighted by molar-refractivity contribution is 5.05. The van der Waals surface area contributed by atoms with E-state index in [1.165, 1.54) is 44.2 Å². The summed E-state index contributed by atoms with van der Waals surface area (Å²) in [6, 6.07) is 1.44. The Morgan fingerprint density at radius 2 is 2.25 bits per heavy atom. The fourth-order valence-corrected chi connectivity index (χ4v) is 3.09. The highest BCUT2D eigenvalue weighted by Crippen LogP contribution is 2.29. The Hall–Kier alpha value is -0.910. The van der Waals surface area contributed by atoms with Gasteiger partial charge in [0.1, 0.15) is 0 Å². The van der Waals surface area contributed by atoms with Gasteiger partial charge in [0.05, 0.1) is 19.3 Å². The molecule has 1 unspecified atom stereocenters. The normalized spacial score (nSPS) is 23.4. The molecular weight excluding hydrogens is 252 g/mol. The van der Waals surface area contributed by atoms with Gasteiger partial charge in [-0.1, -0.05) is 6.42 Å². The lowest BCUT2D eigenvalue weighted by molar-refractivity contribution is 0.208. The molecule has 3 rings (SSSR count). The summed E-state index contributed by atoms with van der Waals surface area (Å²) in [5.74, 6) is 0. The summed E-state index contributed by atoms with van der Waals surface area (Å²) in [5, 5.41) is 16.9. The highest BCUT2D eigenvalue weighted by Gasteiger charge is 2.31. The van der Waals surface area contributed by atoms with Gasteiger partial charge in [-0.15, -0.1) is 0 Å². The predicted molar refractivity (Wildman–Crippen MR) is 78.4 cm³/mol. The fourth-order valence-electron chi connectivity index (χ4n) is 3.09. The third-order valence-corrected chi connectivity index (χ3v) is 4.33. The molecule has 0 aromatic carbocycles. The van der Waals surface area contributed by atoms with E-state index in [2.05, 4.69) is 21.5 Å². The molecule has 1 aliphatic carbocycles. The SMILES string of the molecule is OCCn1cc(CN(CC2CCCCN2)C2CC2)cn1. The van der Waals surface area contributed by atoms with Gasteiger partial charge in [0.25, 0.3) is 0 Å². The Labute approximate surface area is 121 Å². The molecule has 5 heteroatoms. The average Bonchev–Trinajstić information content (AvgIpc) is 3.22. The summed E-state index contributed by atoms with van der Waals surface area (Å²) < 4.78 is 1.83. The number of aromatic nitrogens is 2. The molecular formula is C15H26N4O. The number of hydrogen-bond acceptors (Lipinski definition) is 4. The molecule has 0 amide bonds. The number of hydrogen-bond donors (Lipinski definition) is 2. The smallest absolute Gasteiger partial charge is 0.0640 e. The largest absolute Gasteiger partial charge is 0.394 e. The van der Waals surface area contributed by atoms with Crippen molar-refractivity contribution in [2.24, 2.45) is 0 Å². The lowest BCUT2D eigenvalue weighted by Crippen LogP contribution is -2.44. The van der Waals surface area contributed by atoms with Gasteiger partial charge in [-0.2, -0.15) is 5.10 Å². The number of nitrogens with one attached hydrogen (secondary N) is 1. The van der Waals surface area contributed by atoms with Gasteiger partial charge in [-0.05, 0) is 32.2 Å². The maximum Gasteiger partial charge on any atom is 0.0640 e. The molecule has 0 spiro atoms. The summed E-state index contributed by atoms with van der Waals surface area (Å²) in [4.78, 5) is 2.61. The van der Waals surface area contributed by atoms with Crippen molar-refractivity contribution in [2.45, 2.75) is 57.3 Å². The minimum Gasteiger partial charge on any atom is -0.394 e. The average molecular weight is 278 g/mol. The Balaban J connectivity index is 1.55. The van der Waals surface area contributed by atoms with E-state index in [4.69, 9.17) is 5.11 Å². The lowest BCUT2D eigenvalue weighted by atomic mass is 10.0. The van der Waals surface area contributed by atoms with Crippen LogP contribution in [0.1, 0.15) is 37.7 Å². The molecule has 2 heterocycles. The molecule has 1 aromatic heterocycles. The van der Waals surface area contributed by atoms with Crippen LogP contribution in [0.25, 0.3) is 0 Å². The van der Waals surface area contributed by atoms with Crippen LogP contribution >= 0.6 is 0 Å². The Bertz CT molecular complexity index is 410. The molecule has 1 aromatic rings. The zero-order chi connectivity index (χ0) is 13.8. The van der Waals surface area contributed by atoms with Crippen LogP contribution in [0.15, 0.2) is 12.4 Å². The molecule has 1 saturated heterocycles. The second-order valence-corrected chi connectivity index (χ2v) is 6.14. The Morgan fingerprint density at radius 3 is 2.95 bits per heavy atom. The minimum absolute atomic E-state index is 0.152. The molecule has 1 aliphatic heterocycles. The second-order valence-electron chi connectivity index (χ2n) is 6.14. The van der Waals surface area contributed by atoms with Crippen LogP contribution in [0, 0.1) is 0 Å². The first-order valence-corrected chi connectivity index (χ1v) is 7.95. The first-order valence-electron chi connectivity index (χ1n) is 7.95. The maximum absolute atomic E-state index is 8.95. The van der Waals surface area contributed by atoms with E-state index in [-0.39, 0.29) is 6.61 Å². The van der Waals surface area contributed by atoms with E-state index in [1.54, 1.807) is 0 Å². The van der Waals surface area contributed by atoms with Crippen LogP contribution < -0.4 is 5.32 Å². The number of aliphatic hydroxyl groups is 1. The van der Waals surface area contributed by atoms with Crippen molar-refractivity contribution in [3.05, 3.63) is 18.0 Å². The zero-order valence-electron chi connectivity index (χ0n) is 12.2. The summed E-state index contributed by atoms with van der Waals surface area (Å²) in [6.07, 6.45) is 10.7. The first-order chi connectivity index (χ1) is 9.85. The van der Waals surface area contributed by atoms with Crippen LogP contribution in [0.2, 0.25) is 0 Å². The topological polar surface area (TPSA) is 53.3 Å². The quantitative estimate of drug-likeness (QED) is 0.781. The fraction of sp³-hybridized carbons (Fsp3) is 0.800. The van der Waals surface area contributed by atoms with Crippen LogP contribution in [0.3, 0.4) is 0 Å². The predicted octanol–water partition coefficient (Wildman–Crippen LogP) is 0.982. The molecule has 2 fully saturated rings. The van der Waals surface area contributed by atoms with Crippen molar-refractivity contribution in [1.82, 2.24) is 20.0 Å². The van der Waals surface area contributed by atoms with E-state index >= 15 is 0 Å². The molecule has 1 atom stereocenters. The van der Waals surface area contributed by atoms with E-state index in [1.807, 2.05) is 10.9 Å². The van der Waals surface area contributed by atoms with Crippen molar-refractivity contribution >= 4 is 0 Å². The van der Waals surface area contributed by atoms with Gasteiger partial charge >= 0.3 is 0 Å². The zero-order valence-corrected chi connectivity index (χ0v) is 12.2. The van der Waals surface area contributed by atoms with Gasteiger partial charge < -0.3 is 10.4 Å². The highest BCUT2D eigenvalue weighted by atomic mass is 16.3. The van der Waals surface area contributed by atoms with Gasteiger partial charge in [0, 0.05) is 36.9 Å². The van der Waals surface area contributed by atoms with Gasteiger partial charge in [0.2, 0.25) is 0 Å². The van der Waals surface area contributed by atoms with Crippen LogP contribution in [-0.4, -0.2) is 51.6 Å². The first kappa shape index (κ1) is 14.0. The molecule has 112 valence electrons. The summed E-state index contributed by atoms with van der Waals surface area (Å²) in [7, 11) is 0. The lowest BCUT2D eigenvalue weighted by Gasteiger charge is -2.30. The summed E-state index contributed by atoms with van der Waals surface area (Å²) >= 11 is 0. The van der Waals surface area contributed by atoms with E-state index in [0.717, 1.165) is 19.1 Å². The Morgan fingerprint density at radius 1 is 1.35 bits per heavy atom. The second kappa shape index (κ2) is 6.70. The Kier molecular flexibility index (Phi) is 4.70. The molecule has 2 aliphatic rings. The van der Waals surface area contributed by atoms with Gasteiger partial charge in [-0.25, -0.2) is 0 Å². The van der Waals surface area contributed by atoms with Gasteiger partial charge in [0.15, 0.2) is 0 Å². The molecule has 0 radical (unpaired) electrons. The minimum atomic E-state index is 0.152. The van der Waals surface area contributed by atoms with E-state index in [0.29, 0.717) is 12.6 Å². The number of rotatable bonds is 7. The summed E-state index contributed by atoms with van der Waals surface area (Å²) in [6.45, 7) is 4.08. The van der Waals surface area contributed by atoms with Crippen LogP contribution in [0.5, 0.6) is 0 Å². The molecule has 0 bridgehead atoms. The number of nitrogens with zero attached hydrogens (tertiary/aromatic N) is 3. The number of piperidine rings is 1. The third kappa shape index (κ3) is 3.81. The van der Waals surface area contributed by atoms with Gasteiger partial charge in [-0.3, -0.25) is 9.58 Å². The van der Waals surface area contributed by atoms with Crippen molar-refractivity contribution in [3.8, 4) is 0 Å². The van der Waals surface area contributed by atoms with E-state index in [9.17, 15) is 0 Å². The van der Waals surface area contributed by atoms with Crippen LogP contribution in [0.4, 0.5) is 0 Å².